The maximum absolute atomic E-state index is 13.2. The molecule has 0 spiro atoms. The summed E-state index contributed by atoms with van der Waals surface area (Å²) < 4.78 is 13.2. The van der Waals surface area contributed by atoms with Gasteiger partial charge in [-0.2, -0.15) is 5.10 Å². The minimum atomic E-state index is -0.206. The van der Waals surface area contributed by atoms with Gasteiger partial charge in [-0.1, -0.05) is 6.07 Å². The number of hydrogen-bond donors (Lipinski definition) is 2. The second-order valence-electron chi connectivity index (χ2n) is 4.21. The lowest BCUT2D eigenvalue weighted by atomic mass is 10.0. The number of aliphatic hydroxyl groups excluding tert-OH is 1. The molecule has 1 aliphatic heterocycles. The van der Waals surface area contributed by atoms with E-state index >= 15 is 0 Å². The molecule has 0 unspecified atom stereocenters. The molecule has 0 radical (unpaired) electrons. The van der Waals surface area contributed by atoms with E-state index in [1.807, 2.05) is 13.0 Å². The van der Waals surface area contributed by atoms with Gasteiger partial charge in [0.05, 0.1) is 12.3 Å². The minimum absolute atomic E-state index is 0.206. The SMILES string of the molecule is Cc1cc(F)cc(CCC2=NNCC(O)=C2)c1. The molecule has 0 atom stereocenters. The highest BCUT2D eigenvalue weighted by atomic mass is 19.1. The van der Waals surface area contributed by atoms with Crippen molar-refractivity contribution in [3.8, 4) is 0 Å². The number of halogens is 1. The Hall–Kier alpha value is -1.84. The molecular weight excluding hydrogens is 219 g/mol. The molecular formula is C13H15FN2O. The molecule has 2 rings (SSSR count). The zero-order valence-electron chi connectivity index (χ0n) is 9.70. The van der Waals surface area contributed by atoms with Gasteiger partial charge < -0.3 is 10.5 Å². The number of hydrogen-bond acceptors (Lipinski definition) is 3. The van der Waals surface area contributed by atoms with E-state index in [0.29, 0.717) is 19.4 Å². The Morgan fingerprint density at radius 1 is 1.35 bits per heavy atom. The van der Waals surface area contributed by atoms with Crippen LogP contribution in [0, 0.1) is 12.7 Å². The van der Waals surface area contributed by atoms with Crippen LogP contribution in [-0.2, 0) is 6.42 Å². The molecule has 0 fully saturated rings. The van der Waals surface area contributed by atoms with E-state index in [4.69, 9.17) is 0 Å². The van der Waals surface area contributed by atoms with E-state index < -0.39 is 0 Å². The average molecular weight is 234 g/mol. The molecule has 1 aromatic rings. The lowest BCUT2D eigenvalue weighted by Crippen LogP contribution is -2.19. The third kappa shape index (κ3) is 3.31. The Bertz CT molecular complexity index is 460. The van der Waals surface area contributed by atoms with Crippen LogP contribution in [0.4, 0.5) is 4.39 Å². The van der Waals surface area contributed by atoms with Crippen molar-refractivity contribution < 1.29 is 9.50 Å². The van der Waals surface area contributed by atoms with E-state index in [2.05, 4.69) is 10.5 Å². The van der Waals surface area contributed by atoms with Crippen molar-refractivity contribution in [3.63, 3.8) is 0 Å². The predicted molar refractivity (Wildman–Crippen MR) is 65.6 cm³/mol. The summed E-state index contributed by atoms with van der Waals surface area (Å²) in [5.41, 5.74) is 5.39. The number of rotatable bonds is 3. The lowest BCUT2D eigenvalue weighted by molar-refractivity contribution is 0.388. The summed E-state index contributed by atoms with van der Waals surface area (Å²) in [6.07, 6.45) is 3.05. The Kier molecular flexibility index (Phi) is 3.42. The fraction of sp³-hybridized carbons (Fsp3) is 0.308. The number of nitrogens with zero attached hydrogens (tertiary/aromatic N) is 1. The maximum atomic E-state index is 13.2. The molecule has 2 N–H and O–H groups in total. The molecule has 90 valence electrons. The van der Waals surface area contributed by atoms with Gasteiger partial charge in [0.25, 0.3) is 0 Å². The zero-order chi connectivity index (χ0) is 12.3. The second-order valence-corrected chi connectivity index (χ2v) is 4.21. The molecule has 0 amide bonds. The van der Waals surface area contributed by atoms with E-state index in [9.17, 15) is 9.50 Å². The first-order valence-corrected chi connectivity index (χ1v) is 5.58. The Labute approximate surface area is 99.7 Å². The zero-order valence-corrected chi connectivity index (χ0v) is 9.70. The van der Waals surface area contributed by atoms with Gasteiger partial charge in [-0.05, 0) is 43.0 Å². The van der Waals surface area contributed by atoms with Gasteiger partial charge >= 0.3 is 0 Å². The van der Waals surface area contributed by atoms with Gasteiger partial charge in [-0.3, -0.25) is 0 Å². The van der Waals surface area contributed by atoms with Crippen molar-refractivity contribution in [2.75, 3.05) is 6.54 Å². The van der Waals surface area contributed by atoms with Crippen molar-refractivity contribution in [2.24, 2.45) is 5.10 Å². The van der Waals surface area contributed by atoms with Crippen LogP contribution >= 0.6 is 0 Å². The van der Waals surface area contributed by atoms with Gasteiger partial charge in [-0.25, -0.2) is 4.39 Å². The standard InChI is InChI=1S/C13H15FN2O/c1-9-4-10(6-11(14)5-9)2-3-12-7-13(17)8-15-16-12/h4-7,15,17H,2-3,8H2,1H3. The highest BCUT2D eigenvalue weighted by molar-refractivity contribution is 5.95. The molecule has 3 nitrogen and oxygen atoms in total. The summed E-state index contributed by atoms with van der Waals surface area (Å²) in [6.45, 7) is 2.25. The number of nitrogens with one attached hydrogen (secondary N) is 1. The van der Waals surface area contributed by atoms with Crippen LogP contribution in [0.5, 0.6) is 0 Å². The minimum Gasteiger partial charge on any atom is -0.510 e. The molecule has 0 aromatic heterocycles. The quantitative estimate of drug-likeness (QED) is 0.843. The third-order valence-electron chi connectivity index (χ3n) is 2.59. The number of aliphatic hydroxyl groups is 1. The van der Waals surface area contributed by atoms with Crippen molar-refractivity contribution in [2.45, 2.75) is 19.8 Å². The smallest absolute Gasteiger partial charge is 0.123 e. The lowest BCUT2D eigenvalue weighted by Gasteiger charge is -2.10. The second kappa shape index (κ2) is 4.99. The first-order chi connectivity index (χ1) is 8.13. The number of hydrazone groups is 1. The van der Waals surface area contributed by atoms with Crippen molar-refractivity contribution >= 4 is 5.71 Å². The van der Waals surface area contributed by atoms with Crippen molar-refractivity contribution in [1.82, 2.24) is 5.43 Å². The van der Waals surface area contributed by atoms with Crippen LogP contribution in [0.15, 0.2) is 35.1 Å². The number of allylic oxidation sites excluding steroid dienone is 1. The van der Waals surface area contributed by atoms with Crippen LogP contribution in [0.3, 0.4) is 0 Å². The molecule has 0 bridgehead atoms. The first-order valence-electron chi connectivity index (χ1n) is 5.58. The molecule has 0 aliphatic carbocycles. The van der Waals surface area contributed by atoms with Gasteiger partial charge in [0, 0.05) is 6.08 Å². The van der Waals surface area contributed by atoms with Gasteiger partial charge in [-0.15, -0.1) is 0 Å². The summed E-state index contributed by atoms with van der Waals surface area (Å²) in [7, 11) is 0. The highest BCUT2D eigenvalue weighted by Gasteiger charge is 2.06. The first kappa shape index (κ1) is 11.6. The average Bonchev–Trinajstić information content (AvgIpc) is 2.25. The van der Waals surface area contributed by atoms with Crippen molar-refractivity contribution in [1.29, 1.82) is 0 Å². The summed E-state index contributed by atoms with van der Waals surface area (Å²) in [5, 5.41) is 13.4. The van der Waals surface area contributed by atoms with E-state index in [0.717, 1.165) is 16.8 Å². The summed E-state index contributed by atoms with van der Waals surface area (Å²) in [5.74, 6) is 0.0764. The van der Waals surface area contributed by atoms with Crippen LogP contribution in [0.25, 0.3) is 0 Å². The Balaban J connectivity index is 2.00. The molecule has 1 aliphatic rings. The predicted octanol–water partition coefficient (Wildman–Crippen LogP) is 2.47. The molecule has 17 heavy (non-hydrogen) atoms. The van der Waals surface area contributed by atoms with Crippen LogP contribution < -0.4 is 5.43 Å². The normalized spacial score (nSPS) is 14.9. The largest absolute Gasteiger partial charge is 0.510 e. The topological polar surface area (TPSA) is 44.6 Å². The van der Waals surface area contributed by atoms with Gasteiger partial charge in [0.1, 0.15) is 11.6 Å². The Morgan fingerprint density at radius 3 is 2.88 bits per heavy atom. The molecule has 4 heteroatoms. The van der Waals surface area contributed by atoms with Crippen LogP contribution in [0.2, 0.25) is 0 Å². The van der Waals surface area contributed by atoms with E-state index in [1.165, 1.54) is 12.1 Å². The summed E-state index contributed by atoms with van der Waals surface area (Å²) in [6, 6.07) is 5.01. The molecule has 0 saturated carbocycles. The summed E-state index contributed by atoms with van der Waals surface area (Å²) >= 11 is 0. The fourth-order valence-electron chi connectivity index (χ4n) is 1.85. The Morgan fingerprint density at radius 2 is 2.18 bits per heavy atom. The maximum Gasteiger partial charge on any atom is 0.123 e. The van der Waals surface area contributed by atoms with Gasteiger partial charge in [0.2, 0.25) is 0 Å². The number of benzene rings is 1. The van der Waals surface area contributed by atoms with E-state index in [-0.39, 0.29) is 11.6 Å². The monoisotopic (exact) mass is 234 g/mol. The molecule has 0 saturated heterocycles. The van der Waals surface area contributed by atoms with Crippen molar-refractivity contribution in [3.05, 3.63) is 47.0 Å². The van der Waals surface area contributed by atoms with Crippen LogP contribution in [-0.4, -0.2) is 17.4 Å². The fourth-order valence-corrected chi connectivity index (χ4v) is 1.85. The number of aryl methyl sites for hydroxylation is 2. The molecule has 1 aromatic carbocycles. The van der Waals surface area contributed by atoms with Crippen LogP contribution in [0.1, 0.15) is 17.5 Å². The third-order valence-corrected chi connectivity index (χ3v) is 2.59. The summed E-state index contributed by atoms with van der Waals surface area (Å²) in [4.78, 5) is 0. The van der Waals surface area contributed by atoms with E-state index in [1.54, 1.807) is 6.08 Å². The van der Waals surface area contributed by atoms with Gasteiger partial charge in [0.15, 0.2) is 0 Å². The molecule has 1 heterocycles. The highest BCUT2D eigenvalue weighted by Crippen LogP contribution is 2.11.